The van der Waals surface area contributed by atoms with Crippen LogP contribution in [-0.2, 0) is 12.2 Å². The van der Waals surface area contributed by atoms with E-state index in [-0.39, 0.29) is 0 Å². The van der Waals surface area contributed by atoms with Crippen molar-refractivity contribution < 1.29 is 4.39 Å². The zero-order valence-corrected chi connectivity index (χ0v) is 9.93. The molecule has 1 nitrogen and oxygen atoms in total. The molecule has 1 saturated carbocycles. The molecule has 1 aliphatic rings. The molecule has 1 aromatic rings. The smallest absolute Gasteiger partial charge is 0.136 e. The van der Waals surface area contributed by atoms with Crippen molar-refractivity contribution in [3.05, 3.63) is 35.4 Å². The molecule has 0 spiro atoms. The van der Waals surface area contributed by atoms with Crippen LogP contribution in [0.15, 0.2) is 24.3 Å². The maximum Gasteiger partial charge on any atom is 0.136 e. The SMILES string of the molecule is CNCc1ccccc1C1(F)CCCCC1. The van der Waals surface area contributed by atoms with E-state index in [0.717, 1.165) is 30.5 Å². The summed E-state index contributed by atoms with van der Waals surface area (Å²) in [5, 5.41) is 3.11. The molecule has 2 heteroatoms. The molecule has 0 unspecified atom stereocenters. The quantitative estimate of drug-likeness (QED) is 0.823. The second kappa shape index (κ2) is 4.96. The van der Waals surface area contributed by atoms with E-state index < -0.39 is 5.67 Å². The fourth-order valence-corrected chi connectivity index (χ4v) is 2.68. The molecule has 0 saturated heterocycles. The van der Waals surface area contributed by atoms with Crippen LogP contribution in [0.2, 0.25) is 0 Å². The molecule has 1 aliphatic carbocycles. The number of hydrogen-bond acceptors (Lipinski definition) is 1. The maximum atomic E-state index is 14.9. The van der Waals surface area contributed by atoms with Crippen LogP contribution in [0.1, 0.15) is 43.2 Å². The van der Waals surface area contributed by atoms with Crippen LogP contribution in [-0.4, -0.2) is 7.05 Å². The van der Waals surface area contributed by atoms with Crippen molar-refractivity contribution in [1.29, 1.82) is 0 Å². The first-order chi connectivity index (χ1) is 7.76. The van der Waals surface area contributed by atoms with Gasteiger partial charge in [-0.05, 0) is 43.9 Å². The average molecular weight is 221 g/mol. The molecule has 0 aromatic heterocycles. The van der Waals surface area contributed by atoms with Gasteiger partial charge in [0.2, 0.25) is 0 Å². The molecule has 2 rings (SSSR count). The summed E-state index contributed by atoms with van der Waals surface area (Å²) in [6, 6.07) is 7.92. The summed E-state index contributed by atoms with van der Waals surface area (Å²) in [5.74, 6) is 0. The van der Waals surface area contributed by atoms with Gasteiger partial charge < -0.3 is 5.32 Å². The zero-order chi connectivity index (χ0) is 11.4. The number of halogens is 1. The predicted molar refractivity (Wildman–Crippen MR) is 65.1 cm³/mol. The number of benzene rings is 1. The normalized spacial score (nSPS) is 19.6. The van der Waals surface area contributed by atoms with Crippen LogP contribution in [0.5, 0.6) is 0 Å². The summed E-state index contributed by atoms with van der Waals surface area (Å²) < 4.78 is 14.9. The van der Waals surface area contributed by atoms with Gasteiger partial charge in [0.05, 0.1) is 0 Å². The van der Waals surface area contributed by atoms with E-state index in [0.29, 0.717) is 12.8 Å². The maximum absolute atomic E-state index is 14.9. The van der Waals surface area contributed by atoms with Crippen LogP contribution in [0.3, 0.4) is 0 Å². The highest BCUT2D eigenvalue weighted by Crippen LogP contribution is 2.41. The van der Waals surface area contributed by atoms with Gasteiger partial charge in [-0.25, -0.2) is 4.39 Å². The summed E-state index contributed by atoms with van der Waals surface area (Å²) in [6.45, 7) is 0.752. The van der Waals surface area contributed by atoms with Crippen molar-refractivity contribution in [2.75, 3.05) is 7.05 Å². The van der Waals surface area contributed by atoms with E-state index in [1.54, 1.807) is 0 Å². The highest BCUT2D eigenvalue weighted by Gasteiger charge is 2.34. The van der Waals surface area contributed by atoms with Crippen molar-refractivity contribution in [2.24, 2.45) is 0 Å². The minimum atomic E-state index is -1.08. The summed E-state index contributed by atoms with van der Waals surface area (Å²) in [7, 11) is 1.91. The van der Waals surface area contributed by atoms with Crippen molar-refractivity contribution in [3.8, 4) is 0 Å². The minimum absolute atomic E-state index is 0.688. The van der Waals surface area contributed by atoms with Gasteiger partial charge in [0.1, 0.15) is 5.67 Å². The largest absolute Gasteiger partial charge is 0.316 e. The summed E-state index contributed by atoms with van der Waals surface area (Å²) in [4.78, 5) is 0. The Balaban J connectivity index is 2.30. The van der Waals surface area contributed by atoms with Gasteiger partial charge in [-0.1, -0.05) is 30.7 Å². The second-order valence-corrected chi connectivity index (χ2v) is 4.71. The van der Waals surface area contributed by atoms with E-state index in [1.807, 2.05) is 31.3 Å². The fourth-order valence-electron chi connectivity index (χ4n) is 2.68. The molecule has 1 N–H and O–H groups in total. The number of rotatable bonds is 3. The first-order valence-electron chi connectivity index (χ1n) is 6.18. The lowest BCUT2D eigenvalue weighted by Crippen LogP contribution is -2.26. The Morgan fingerprint density at radius 3 is 2.56 bits per heavy atom. The van der Waals surface area contributed by atoms with E-state index in [4.69, 9.17) is 0 Å². The Bertz CT molecular complexity index is 342. The lowest BCUT2D eigenvalue weighted by atomic mass is 9.79. The molecule has 0 aliphatic heterocycles. The Hall–Kier alpha value is -0.890. The van der Waals surface area contributed by atoms with E-state index in [9.17, 15) is 4.39 Å². The standard InChI is InChI=1S/C14H20FN/c1-16-11-12-7-3-4-8-13(12)14(15)9-5-2-6-10-14/h3-4,7-8,16H,2,5-6,9-11H2,1H3. The predicted octanol–water partition coefficient (Wildman–Crippen LogP) is 3.53. The third-order valence-electron chi connectivity index (χ3n) is 3.51. The lowest BCUT2D eigenvalue weighted by molar-refractivity contribution is 0.105. The lowest BCUT2D eigenvalue weighted by Gasteiger charge is -2.31. The van der Waals surface area contributed by atoms with Gasteiger partial charge in [-0.15, -0.1) is 0 Å². The van der Waals surface area contributed by atoms with Gasteiger partial charge in [0.25, 0.3) is 0 Å². The van der Waals surface area contributed by atoms with E-state index in [2.05, 4.69) is 5.32 Å². The van der Waals surface area contributed by atoms with Crippen LogP contribution in [0.25, 0.3) is 0 Å². The van der Waals surface area contributed by atoms with Gasteiger partial charge in [0.15, 0.2) is 0 Å². The molecule has 0 atom stereocenters. The summed E-state index contributed by atoms with van der Waals surface area (Å²) in [5.41, 5.74) is 0.935. The molecule has 16 heavy (non-hydrogen) atoms. The third kappa shape index (κ3) is 2.27. The number of hydrogen-bond donors (Lipinski definition) is 1. The average Bonchev–Trinajstić information content (AvgIpc) is 2.31. The molecule has 0 heterocycles. The van der Waals surface area contributed by atoms with Gasteiger partial charge in [0, 0.05) is 6.54 Å². The van der Waals surface area contributed by atoms with Gasteiger partial charge in [-0.2, -0.15) is 0 Å². The zero-order valence-electron chi connectivity index (χ0n) is 9.93. The molecule has 1 aromatic carbocycles. The van der Waals surface area contributed by atoms with E-state index >= 15 is 0 Å². The van der Waals surface area contributed by atoms with Gasteiger partial charge in [-0.3, -0.25) is 0 Å². The third-order valence-corrected chi connectivity index (χ3v) is 3.51. The fraction of sp³-hybridized carbons (Fsp3) is 0.571. The van der Waals surface area contributed by atoms with Crippen molar-refractivity contribution in [1.82, 2.24) is 5.32 Å². The Morgan fingerprint density at radius 1 is 1.19 bits per heavy atom. The molecular formula is C14H20FN. The van der Waals surface area contributed by atoms with Crippen LogP contribution < -0.4 is 5.32 Å². The number of nitrogens with one attached hydrogen (secondary N) is 1. The van der Waals surface area contributed by atoms with Gasteiger partial charge >= 0.3 is 0 Å². The first-order valence-corrected chi connectivity index (χ1v) is 6.18. The first kappa shape index (κ1) is 11.6. The summed E-state index contributed by atoms with van der Waals surface area (Å²) >= 11 is 0. The number of alkyl halides is 1. The molecule has 0 radical (unpaired) electrons. The molecule has 1 fully saturated rings. The van der Waals surface area contributed by atoms with E-state index in [1.165, 1.54) is 6.42 Å². The van der Waals surface area contributed by atoms with Crippen molar-refractivity contribution in [2.45, 2.75) is 44.3 Å². The molecule has 0 amide bonds. The Labute approximate surface area is 97.1 Å². The topological polar surface area (TPSA) is 12.0 Å². The Kier molecular flexibility index (Phi) is 3.59. The Morgan fingerprint density at radius 2 is 1.88 bits per heavy atom. The molecule has 0 bridgehead atoms. The van der Waals surface area contributed by atoms with Crippen LogP contribution in [0.4, 0.5) is 4.39 Å². The minimum Gasteiger partial charge on any atom is -0.316 e. The van der Waals surface area contributed by atoms with Crippen LogP contribution >= 0.6 is 0 Å². The van der Waals surface area contributed by atoms with Crippen molar-refractivity contribution >= 4 is 0 Å². The highest BCUT2D eigenvalue weighted by molar-refractivity contribution is 5.32. The summed E-state index contributed by atoms with van der Waals surface area (Å²) in [6.07, 6.45) is 4.59. The molecule has 88 valence electrons. The highest BCUT2D eigenvalue weighted by atomic mass is 19.1. The molecular weight excluding hydrogens is 201 g/mol. The monoisotopic (exact) mass is 221 g/mol. The van der Waals surface area contributed by atoms with Crippen LogP contribution in [0, 0.1) is 0 Å². The second-order valence-electron chi connectivity index (χ2n) is 4.71. The van der Waals surface area contributed by atoms with Crippen molar-refractivity contribution in [3.63, 3.8) is 0 Å².